The number of nitrogens with zero attached hydrogens (tertiary/aromatic N) is 1. The fourth-order valence-corrected chi connectivity index (χ4v) is 2.24. The van der Waals surface area contributed by atoms with Gasteiger partial charge in [-0.15, -0.1) is 0 Å². The van der Waals surface area contributed by atoms with E-state index in [1.54, 1.807) is 0 Å². The number of nitro groups is 1. The molecule has 0 aliphatic carbocycles. The summed E-state index contributed by atoms with van der Waals surface area (Å²) >= 11 is 0. The van der Waals surface area contributed by atoms with Crippen LogP contribution in [0.5, 0.6) is 5.75 Å². The van der Waals surface area contributed by atoms with Crippen molar-refractivity contribution in [1.82, 2.24) is 0 Å². The third-order valence-corrected chi connectivity index (χ3v) is 3.32. The summed E-state index contributed by atoms with van der Waals surface area (Å²) in [5, 5.41) is 10.9. The molecule has 0 spiro atoms. The van der Waals surface area contributed by atoms with Gasteiger partial charge in [0.2, 0.25) is 6.54 Å². The fourth-order valence-electron chi connectivity index (χ4n) is 2.24. The average molecular weight is 347 g/mol. The van der Waals surface area contributed by atoms with Gasteiger partial charge in [0.25, 0.3) is 0 Å². The zero-order chi connectivity index (χ0) is 18.4. The molecule has 0 bridgehead atoms. The number of halogens is 2. The number of esters is 2. The van der Waals surface area contributed by atoms with Crippen molar-refractivity contribution in [3.63, 3.8) is 0 Å². The highest BCUT2D eigenvalue weighted by molar-refractivity contribution is 5.96. The molecule has 24 heavy (non-hydrogen) atoms. The zero-order valence-corrected chi connectivity index (χ0v) is 13.1. The Labute approximate surface area is 135 Å². The molecular formula is C14H15F2NO7. The molecule has 0 N–H and O–H groups in total. The molecule has 0 saturated heterocycles. The molecule has 132 valence electrons. The largest absolute Gasteiger partial charge is 0.497 e. The van der Waals surface area contributed by atoms with Crippen molar-refractivity contribution < 1.29 is 37.5 Å². The summed E-state index contributed by atoms with van der Waals surface area (Å²) in [5.41, 5.74) is -0.798. The van der Waals surface area contributed by atoms with Crippen molar-refractivity contribution >= 4 is 11.9 Å². The number of ether oxygens (including phenoxy) is 3. The van der Waals surface area contributed by atoms with Gasteiger partial charge >= 0.3 is 11.9 Å². The van der Waals surface area contributed by atoms with Crippen molar-refractivity contribution in [1.29, 1.82) is 0 Å². The molecule has 0 aliphatic heterocycles. The summed E-state index contributed by atoms with van der Waals surface area (Å²) in [7, 11) is 3.04. The Kier molecular flexibility index (Phi) is 6.57. The van der Waals surface area contributed by atoms with Crippen LogP contribution in [0.25, 0.3) is 0 Å². The molecule has 0 aromatic heterocycles. The molecule has 1 aromatic rings. The summed E-state index contributed by atoms with van der Waals surface area (Å²) in [6.45, 7) is -1.09. The van der Waals surface area contributed by atoms with Crippen molar-refractivity contribution in [2.24, 2.45) is 5.92 Å². The van der Waals surface area contributed by atoms with Crippen molar-refractivity contribution in [3.8, 4) is 5.75 Å². The minimum Gasteiger partial charge on any atom is -0.497 e. The minimum absolute atomic E-state index is 0.165. The van der Waals surface area contributed by atoms with Gasteiger partial charge in [0, 0.05) is 22.6 Å². The number of carbonyl (C=O) groups excluding carboxylic acids is 2. The van der Waals surface area contributed by atoms with Gasteiger partial charge in [0.05, 0.1) is 27.2 Å². The number of rotatable bonds is 7. The van der Waals surface area contributed by atoms with Crippen molar-refractivity contribution in [3.05, 3.63) is 39.4 Å². The van der Waals surface area contributed by atoms with Gasteiger partial charge in [-0.05, 0) is 0 Å². The minimum atomic E-state index is -1.90. The zero-order valence-electron chi connectivity index (χ0n) is 13.1. The van der Waals surface area contributed by atoms with Crippen molar-refractivity contribution in [2.75, 3.05) is 27.9 Å². The van der Waals surface area contributed by atoms with Gasteiger partial charge in [0.1, 0.15) is 17.4 Å². The summed E-state index contributed by atoms with van der Waals surface area (Å²) in [6.07, 6.45) is 0. The van der Waals surface area contributed by atoms with Gasteiger partial charge in [-0.3, -0.25) is 19.7 Å². The summed E-state index contributed by atoms with van der Waals surface area (Å²) in [4.78, 5) is 33.7. The molecule has 0 unspecified atom stereocenters. The lowest BCUT2D eigenvalue weighted by Crippen LogP contribution is -2.36. The van der Waals surface area contributed by atoms with E-state index < -0.39 is 52.4 Å². The third kappa shape index (κ3) is 4.15. The SMILES string of the molecule is COC(=O)C(C(=O)OC)[C@@H](C[N+](=O)[O-])c1c(F)cc(OC)cc1F. The summed E-state index contributed by atoms with van der Waals surface area (Å²) in [5.74, 6) is -8.63. The molecule has 1 atom stereocenters. The Hall–Kier alpha value is -2.78. The Balaban J connectivity index is 3.53. The number of hydrogen-bond acceptors (Lipinski definition) is 7. The van der Waals surface area contributed by atoms with E-state index in [2.05, 4.69) is 9.47 Å². The maximum Gasteiger partial charge on any atom is 0.320 e. The second-order valence-electron chi connectivity index (χ2n) is 4.65. The normalized spacial score (nSPS) is 11.8. The maximum atomic E-state index is 14.2. The number of hydrogen-bond donors (Lipinski definition) is 0. The van der Waals surface area contributed by atoms with Crippen LogP contribution in [0.3, 0.4) is 0 Å². The lowest BCUT2D eigenvalue weighted by atomic mass is 9.85. The van der Waals surface area contributed by atoms with Crippen LogP contribution in [-0.4, -0.2) is 44.7 Å². The van der Waals surface area contributed by atoms with Crippen LogP contribution in [0, 0.1) is 27.7 Å². The second-order valence-corrected chi connectivity index (χ2v) is 4.65. The van der Waals surface area contributed by atoms with E-state index >= 15 is 0 Å². The Morgan fingerprint density at radius 3 is 1.92 bits per heavy atom. The van der Waals surface area contributed by atoms with E-state index in [0.717, 1.165) is 26.4 Å². The molecule has 1 rings (SSSR count). The Bertz CT molecular complexity index is 611. The van der Waals surface area contributed by atoms with Gasteiger partial charge in [-0.2, -0.15) is 0 Å². The first-order chi connectivity index (χ1) is 11.3. The predicted molar refractivity (Wildman–Crippen MR) is 75.0 cm³/mol. The first-order valence-corrected chi connectivity index (χ1v) is 6.57. The highest BCUT2D eigenvalue weighted by atomic mass is 19.1. The van der Waals surface area contributed by atoms with Gasteiger partial charge in [0.15, 0.2) is 5.92 Å². The van der Waals surface area contributed by atoms with E-state index in [-0.39, 0.29) is 5.75 Å². The predicted octanol–water partition coefficient (Wildman–Crippen LogP) is 1.30. The van der Waals surface area contributed by atoms with Crippen LogP contribution in [-0.2, 0) is 19.1 Å². The molecule has 0 radical (unpaired) electrons. The van der Waals surface area contributed by atoms with Crippen LogP contribution in [0.15, 0.2) is 12.1 Å². The first kappa shape index (κ1) is 19.3. The van der Waals surface area contributed by atoms with Crippen LogP contribution in [0.4, 0.5) is 8.78 Å². The van der Waals surface area contributed by atoms with Gasteiger partial charge < -0.3 is 14.2 Å². The highest BCUT2D eigenvalue weighted by Crippen LogP contribution is 2.33. The van der Waals surface area contributed by atoms with E-state index in [1.165, 1.54) is 7.11 Å². The van der Waals surface area contributed by atoms with Crippen molar-refractivity contribution in [2.45, 2.75) is 5.92 Å². The smallest absolute Gasteiger partial charge is 0.320 e. The molecule has 0 amide bonds. The number of methoxy groups -OCH3 is 3. The van der Waals surface area contributed by atoms with E-state index in [1.807, 2.05) is 0 Å². The number of benzene rings is 1. The van der Waals surface area contributed by atoms with Crippen LogP contribution >= 0.6 is 0 Å². The summed E-state index contributed by atoms with van der Waals surface area (Å²) in [6, 6.07) is 1.58. The van der Waals surface area contributed by atoms with E-state index in [9.17, 15) is 28.5 Å². The molecular weight excluding hydrogens is 332 g/mol. The number of carbonyl (C=O) groups is 2. The van der Waals surface area contributed by atoms with Crippen LogP contribution < -0.4 is 4.74 Å². The molecule has 0 aliphatic rings. The van der Waals surface area contributed by atoms with Crippen LogP contribution in [0.1, 0.15) is 11.5 Å². The molecule has 1 aromatic carbocycles. The van der Waals surface area contributed by atoms with Crippen LogP contribution in [0.2, 0.25) is 0 Å². The topological polar surface area (TPSA) is 105 Å². The van der Waals surface area contributed by atoms with Gasteiger partial charge in [-0.1, -0.05) is 0 Å². The Morgan fingerprint density at radius 1 is 1.12 bits per heavy atom. The highest BCUT2D eigenvalue weighted by Gasteiger charge is 2.43. The fraction of sp³-hybridized carbons (Fsp3) is 0.429. The third-order valence-electron chi connectivity index (χ3n) is 3.32. The van der Waals surface area contributed by atoms with E-state index in [4.69, 9.17) is 4.74 Å². The van der Waals surface area contributed by atoms with Gasteiger partial charge in [-0.25, -0.2) is 8.78 Å². The Morgan fingerprint density at radius 2 is 1.58 bits per heavy atom. The lowest BCUT2D eigenvalue weighted by molar-refractivity contribution is -0.484. The molecule has 10 heteroatoms. The summed E-state index contributed by atoms with van der Waals surface area (Å²) < 4.78 is 42.0. The van der Waals surface area contributed by atoms with E-state index in [0.29, 0.717) is 0 Å². The molecule has 8 nitrogen and oxygen atoms in total. The quantitative estimate of drug-likeness (QED) is 0.317. The molecule has 0 saturated carbocycles. The second kappa shape index (κ2) is 8.18. The lowest BCUT2D eigenvalue weighted by Gasteiger charge is -2.21. The molecule has 0 heterocycles. The average Bonchev–Trinajstić information content (AvgIpc) is 2.52. The maximum absolute atomic E-state index is 14.2. The standard InChI is InChI=1S/C14H15F2NO7/c1-22-7-4-9(15)11(10(16)5-7)8(6-17(20)21)12(13(18)23-2)14(19)24-3/h4-5,8,12H,6H2,1-3H3/t8-/m0/s1. The monoisotopic (exact) mass is 347 g/mol. The first-order valence-electron chi connectivity index (χ1n) is 6.57. The molecule has 0 fully saturated rings.